The van der Waals surface area contributed by atoms with Gasteiger partial charge < -0.3 is 16.0 Å². The van der Waals surface area contributed by atoms with Gasteiger partial charge in [0.15, 0.2) is 0 Å². The number of hydrogen-bond acceptors (Lipinski definition) is 3. The Morgan fingerprint density at radius 2 is 2.31 bits per heavy atom. The smallest absolute Gasteiger partial charge is 0.125 e. The van der Waals surface area contributed by atoms with Crippen molar-refractivity contribution in [1.82, 2.24) is 9.97 Å². The van der Waals surface area contributed by atoms with Crippen LogP contribution in [-0.2, 0) is 6.42 Å². The first kappa shape index (κ1) is 10.5. The van der Waals surface area contributed by atoms with E-state index < -0.39 is 0 Å². The molecule has 84 valence electrons. The van der Waals surface area contributed by atoms with Crippen LogP contribution in [0.25, 0.3) is 0 Å². The molecule has 0 saturated heterocycles. The first-order chi connectivity index (χ1) is 7.75. The van der Waals surface area contributed by atoms with Crippen LogP contribution in [0.3, 0.4) is 0 Å². The lowest BCUT2D eigenvalue weighted by Crippen LogP contribution is -2.07. The highest BCUT2D eigenvalue weighted by Crippen LogP contribution is 2.18. The third-order valence-electron chi connectivity index (χ3n) is 2.28. The van der Waals surface area contributed by atoms with Crippen molar-refractivity contribution in [3.8, 4) is 0 Å². The second-order valence-electron chi connectivity index (χ2n) is 3.49. The largest absolute Gasteiger partial charge is 0.397 e. The van der Waals surface area contributed by atoms with E-state index >= 15 is 0 Å². The number of H-pyrrole nitrogens is 1. The molecule has 0 aliphatic rings. The molecule has 1 aromatic heterocycles. The molecule has 0 amide bonds. The summed E-state index contributed by atoms with van der Waals surface area (Å²) in [6.07, 6.45) is 4.23. The summed E-state index contributed by atoms with van der Waals surface area (Å²) in [6.45, 7) is 0.720. The molecule has 0 saturated carbocycles. The van der Waals surface area contributed by atoms with Crippen LogP contribution in [0.1, 0.15) is 5.69 Å². The van der Waals surface area contributed by atoms with Crippen LogP contribution in [0.15, 0.2) is 30.7 Å². The van der Waals surface area contributed by atoms with Gasteiger partial charge in [-0.1, -0.05) is 0 Å². The van der Waals surface area contributed by atoms with E-state index in [-0.39, 0.29) is 5.82 Å². The van der Waals surface area contributed by atoms with E-state index in [0.29, 0.717) is 5.69 Å². The van der Waals surface area contributed by atoms with Crippen molar-refractivity contribution in [1.29, 1.82) is 0 Å². The minimum absolute atomic E-state index is 0.323. The van der Waals surface area contributed by atoms with Gasteiger partial charge in [-0.15, -0.1) is 0 Å². The fraction of sp³-hybridized carbons (Fsp3) is 0.182. The van der Waals surface area contributed by atoms with Crippen molar-refractivity contribution < 1.29 is 4.39 Å². The summed E-state index contributed by atoms with van der Waals surface area (Å²) in [5, 5.41) is 3.14. The maximum absolute atomic E-state index is 12.8. The summed E-state index contributed by atoms with van der Waals surface area (Å²) in [5.41, 5.74) is 7.88. The Labute approximate surface area is 92.7 Å². The molecule has 0 unspecified atom stereocenters. The molecule has 0 aliphatic heterocycles. The van der Waals surface area contributed by atoms with Gasteiger partial charge in [0.2, 0.25) is 0 Å². The van der Waals surface area contributed by atoms with Crippen LogP contribution in [0.4, 0.5) is 15.8 Å². The van der Waals surface area contributed by atoms with E-state index in [1.165, 1.54) is 12.1 Å². The van der Waals surface area contributed by atoms with Crippen LogP contribution in [0.2, 0.25) is 0 Å². The summed E-state index contributed by atoms with van der Waals surface area (Å²) in [6, 6.07) is 4.32. The van der Waals surface area contributed by atoms with Gasteiger partial charge >= 0.3 is 0 Å². The van der Waals surface area contributed by atoms with E-state index in [4.69, 9.17) is 5.73 Å². The van der Waals surface area contributed by atoms with Crippen LogP contribution in [0.5, 0.6) is 0 Å². The Balaban J connectivity index is 1.90. The number of aromatic amines is 1. The molecule has 16 heavy (non-hydrogen) atoms. The number of nitrogens with zero attached hydrogens (tertiary/aromatic N) is 1. The molecule has 1 aromatic carbocycles. The Morgan fingerprint density at radius 1 is 1.44 bits per heavy atom. The first-order valence-corrected chi connectivity index (χ1v) is 5.02. The van der Waals surface area contributed by atoms with Crippen LogP contribution >= 0.6 is 0 Å². The quantitative estimate of drug-likeness (QED) is 0.688. The number of aromatic nitrogens is 2. The molecule has 0 fully saturated rings. The lowest BCUT2D eigenvalue weighted by atomic mass is 10.2. The third-order valence-corrected chi connectivity index (χ3v) is 2.28. The van der Waals surface area contributed by atoms with Crippen molar-refractivity contribution in [2.75, 3.05) is 17.6 Å². The van der Waals surface area contributed by atoms with Gasteiger partial charge in [-0.3, -0.25) is 0 Å². The zero-order chi connectivity index (χ0) is 11.4. The topological polar surface area (TPSA) is 66.7 Å². The van der Waals surface area contributed by atoms with Gasteiger partial charge in [0.1, 0.15) is 5.82 Å². The second-order valence-corrected chi connectivity index (χ2v) is 3.49. The van der Waals surface area contributed by atoms with Gasteiger partial charge in [-0.2, -0.15) is 0 Å². The molecule has 4 nitrogen and oxygen atoms in total. The van der Waals surface area contributed by atoms with Gasteiger partial charge in [0.25, 0.3) is 0 Å². The number of hydrogen-bond donors (Lipinski definition) is 3. The van der Waals surface area contributed by atoms with Gasteiger partial charge in [0, 0.05) is 24.9 Å². The lowest BCUT2D eigenvalue weighted by Gasteiger charge is -2.08. The second kappa shape index (κ2) is 4.65. The highest BCUT2D eigenvalue weighted by molar-refractivity contribution is 5.65. The normalized spacial score (nSPS) is 10.3. The maximum atomic E-state index is 12.8. The Bertz CT molecular complexity index is 453. The maximum Gasteiger partial charge on any atom is 0.125 e. The third kappa shape index (κ3) is 2.50. The van der Waals surface area contributed by atoms with Crippen LogP contribution in [0, 0.1) is 5.82 Å². The van der Waals surface area contributed by atoms with Gasteiger partial charge in [-0.25, -0.2) is 9.37 Å². The molecule has 0 aliphatic carbocycles. The number of rotatable bonds is 4. The minimum Gasteiger partial charge on any atom is -0.397 e. The number of benzene rings is 1. The fourth-order valence-corrected chi connectivity index (χ4v) is 1.45. The van der Waals surface area contributed by atoms with Crippen LogP contribution in [-0.4, -0.2) is 16.5 Å². The number of imidazole rings is 1. The molecule has 2 aromatic rings. The Morgan fingerprint density at radius 3 is 3.00 bits per heavy atom. The predicted molar refractivity (Wildman–Crippen MR) is 61.6 cm³/mol. The van der Waals surface area contributed by atoms with Gasteiger partial charge in [-0.05, 0) is 18.2 Å². The van der Waals surface area contributed by atoms with E-state index in [1.807, 2.05) is 0 Å². The average Bonchev–Trinajstić information content (AvgIpc) is 2.74. The minimum atomic E-state index is -0.323. The standard InChI is InChI=1S/C11H13FN4/c12-8-1-2-11(10(13)5-8)15-4-3-9-6-14-7-16-9/h1-2,5-7,15H,3-4,13H2,(H,14,16). The fourth-order valence-electron chi connectivity index (χ4n) is 1.45. The van der Waals surface area contributed by atoms with E-state index in [9.17, 15) is 4.39 Å². The van der Waals surface area contributed by atoms with Crippen molar-refractivity contribution in [3.05, 3.63) is 42.2 Å². The molecular formula is C11H13FN4. The number of nitrogen functional groups attached to an aromatic ring is 1. The van der Waals surface area contributed by atoms with Crippen molar-refractivity contribution in [2.24, 2.45) is 0 Å². The molecule has 0 radical (unpaired) electrons. The summed E-state index contributed by atoms with van der Waals surface area (Å²) in [7, 11) is 0. The predicted octanol–water partition coefficient (Wildman–Crippen LogP) is 1.79. The van der Waals surface area contributed by atoms with E-state index in [0.717, 1.165) is 24.3 Å². The van der Waals surface area contributed by atoms with Crippen LogP contribution < -0.4 is 11.1 Å². The highest BCUT2D eigenvalue weighted by Gasteiger charge is 2.00. The number of halogens is 1. The average molecular weight is 220 g/mol. The van der Waals surface area contributed by atoms with E-state index in [1.54, 1.807) is 18.6 Å². The molecule has 2 rings (SSSR count). The molecule has 5 heteroatoms. The highest BCUT2D eigenvalue weighted by atomic mass is 19.1. The molecular weight excluding hydrogens is 207 g/mol. The molecule has 0 spiro atoms. The zero-order valence-corrected chi connectivity index (χ0v) is 8.70. The number of nitrogens with two attached hydrogens (primary N) is 1. The SMILES string of the molecule is Nc1cc(F)ccc1NCCc1cnc[nH]1. The summed E-state index contributed by atoms with van der Waals surface area (Å²) in [4.78, 5) is 6.92. The number of anilines is 2. The summed E-state index contributed by atoms with van der Waals surface area (Å²) < 4.78 is 12.8. The Hall–Kier alpha value is -2.04. The molecule has 0 bridgehead atoms. The lowest BCUT2D eigenvalue weighted by molar-refractivity contribution is 0.628. The number of nitrogens with one attached hydrogen (secondary N) is 2. The molecule has 1 heterocycles. The van der Waals surface area contributed by atoms with Crippen molar-refractivity contribution >= 4 is 11.4 Å². The monoisotopic (exact) mass is 220 g/mol. The van der Waals surface area contributed by atoms with Crippen molar-refractivity contribution in [3.63, 3.8) is 0 Å². The van der Waals surface area contributed by atoms with Crippen molar-refractivity contribution in [2.45, 2.75) is 6.42 Å². The van der Waals surface area contributed by atoms with Gasteiger partial charge in [0.05, 0.1) is 17.7 Å². The molecule has 4 N–H and O–H groups in total. The summed E-state index contributed by atoms with van der Waals surface area (Å²) in [5.74, 6) is -0.323. The zero-order valence-electron chi connectivity index (χ0n) is 8.70. The van der Waals surface area contributed by atoms with E-state index in [2.05, 4.69) is 15.3 Å². The Kier molecular flexibility index (Phi) is 3.05. The molecule has 0 atom stereocenters. The first-order valence-electron chi connectivity index (χ1n) is 5.02. The summed E-state index contributed by atoms with van der Waals surface area (Å²) >= 11 is 0.